The lowest BCUT2D eigenvalue weighted by atomic mass is 9.71. The molecule has 0 saturated heterocycles. The van der Waals surface area contributed by atoms with Gasteiger partial charge in [0, 0.05) is 11.0 Å². The Kier molecular flexibility index (Phi) is 5.00. The first-order valence-corrected chi connectivity index (χ1v) is 8.77. The molecule has 2 aromatic carbocycles. The number of amides is 1. The van der Waals surface area contributed by atoms with Gasteiger partial charge in [0.2, 0.25) is 0 Å². The highest BCUT2D eigenvalue weighted by Crippen LogP contribution is 2.48. The molecule has 0 bridgehead atoms. The number of hydrogen-bond donors (Lipinski definition) is 1. The van der Waals surface area contributed by atoms with Crippen molar-refractivity contribution in [2.75, 3.05) is 14.2 Å². The van der Waals surface area contributed by atoms with Crippen LogP contribution in [0.2, 0.25) is 0 Å². The first-order valence-electron chi connectivity index (χ1n) is 8.77. The van der Waals surface area contributed by atoms with Crippen LogP contribution in [0.3, 0.4) is 0 Å². The first kappa shape index (κ1) is 19.0. The molecule has 0 aromatic heterocycles. The molecule has 0 heterocycles. The third-order valence-electron chi connectivity index (χ3n) is 5.19. The standard InChI is InChI=1S/C21H24FNO4/c1-21(2)8-7-13-9-14(12-5-6-17(25-3)16(22)10-12)18(26-4)11-15(13)19(21)27-20(23)24/h5-6,9-11,19H,7-8H2,1-4H3,(H2,23,24). The SMILES string of the molecule is COc1ccc(-c2cc3c(cc2OC)C(OC(N)=O)C(C)(C)CC3)cc1F. The molecule has 1 aliphatic carbocycles. The Bertz CT molecular complexity index is 879. The van der Waals surface area contributed by atoms with Gasteiger partial charge in [0.1, 0.15) is 11.9 Å². The second kappa shape index (κ2) is 7.10. The molecule has 0 saturated carbocycles. The minimum atomic E-state index is -0.804. The molecule has 1 atom stereocenters. The van der Waals surface area contributed by atoms with E-state index in [4.69, 9.17) is 19.9 Å². The fourth-order valence-corrected chi connectivity index (χ4v) is 3.68. The lowest BCUT2D eigenvalue weighted by Gasteiger charge is -2.39. The summed E-state index contributed by atoms with van der Waals surface area (Å²) in [7, 11) is 2.99. The van der Waals surface area contributed by atoms with Gasteiger partial charge < -0.3 is 19.9 Å². The van der Waals surface area contributed by atoms with Gasteiger partial charge in [-0.15, -0.1) is 0 Å². The van der Waals surface area contributed by atoms with Gasteiger partial charge in [0.15, 0.2) is 11.6 Å². The summed E-state index contributed by atoms with van der Waals surface area (Å²) < 4.78 is 30.2. The zero-order valence-corrected chi connectivity index (χ0v) is 16.0. The second-order valence-electron chi connectivity index (χ2n) is 7.41. The fraction of sp³-hybridized carbons (Fsp3) is 0.381. The van der Waals surface area contributed by atoms with Crippen LogP contribution >= 0.6 is 0 Å². The van der Waals surface area contributed by atoms with E-state index in [1.807, 2.05) is 26.0 Å². The smallest absolute Gasteiger partial charge is 0.405 e. The molecule has 0 fully saturated rings. The molecule has 0 radical (unpaired) electrons. The van der Waals surface area contributed by atoms with Crippen molar-refractivity contribution in [3.63, 3.8) is 0 Å². The highest BCUT2D eigenvalue weighted by Gasteiger charge is 2.39. The average Bonchev–Trinajstić information content (AvgIpc) is 2.63. The minimum Gasteiger partial charge on any atom is -0.496 e. The summed E-state index contributed by atoms with van der Waals surface area (Å²) in [6, 6.07) is 8.64. The van der Waals surface area contributed by atoms with Crippen molar-refractivity contribution < 1.29 is 23.4 Å². The van der Waals surface area contributed by atoms with Crippen LogP contribution in [0.25, 0.3) is 11.1 Å². The predicted octanol–water partition coefficient (Wildman–Crippen LogP) is 4.62. The monoisotopic (exact) mass is 373 g/mol. The van der Waals surface area contributed by atoms with E-state index in [-0.39, 0.29) is 11.2 Å². The molecule has 5 nitrogen and oxygen atoms in total. The van der Waals surface area contributed by atoms with E-state index in [0.29, 0.717) is 11.3 Å². The summed E-state index contributed by atoms with van der Waals surface area (Å²) in [6.45, 7) is 4.09. The maximum atomic E-state index is 14.2. The molecular weight excluding hydrogens is 349 g/mol. The molecule has 1 amide bonds. The topological polar surface area (TPSA) is 70.8 Å². The molecule has 6 heteroatoms. The Morgan fingerprint density at radius 2 is 1.85 bits per heavy atom. The summed E-state index contributed by atoms with van der Waals surface area (Å²) in [5.74, 6) is 0.326. The molecular formula is C21H24FNO4. The molecule has 1 aliphatic rings. The maximum Gasteiger partial charge on any atom is 0.405 e. The van der Waals surface area contributed by atoms with Crippen LogP contribution in [0.1, 0.15) is 37.5 Å². The zero-order chi connectivity index (χ0) is 19.8. The molecule has 144 valence electrons. The molecule has 2 aromatic rings. The number of rotatable bonds is 4. The van der Waals surface area contributed by atoms with E-state index in [1.165, 1.54) is 13.2 Å². The first-order chi connectivity index (χ1) is 12.8. The summed E-state index contributed by atoms with van der Waals surface area (Å²) >= 11 is 0. The maximum absolute atomic E-state index is 14.2. The average molecular weight is 373 g/mol. The van der Waals surface area contributed by atoms with Crippen molar-refractivity contribution in [2.24, 2.45) is 11.1 Å². The van der Waals surface area contributed by atoms with Crippen LogP contribution in [0.4, 0.5) is 9.18 Å². The number of carbonyl (C=O) groups is 1. The van der Waals surface area contributed by atoms with Crippen molar-refractivity contribution in [3.05, 3.63) is 47.3 Å². The summed E-state index contributed by atoms with van der Waals surface area (Å²) in [5.41, 5.74) is 8.41. The van der Waals surface area contributed by atoms with Crippen LogP contribution < -0.4 is 15.2 Å². The van der Waals surface area contributed by atoms with Crippen LogP contribution in [0.5, 0.6) is 11.5 Å². The summed E-state index contributed by atoms with van der Waals surface area (Å²) in [5, 5.41) is 0. The number of fused-ring (bicyclic) bond motifs is 1. The number of hydrogen-bond acceptors (Lipinski definition) is 4. The highest BCUT2D eigenvalue weighted by molar-refractivity contribution is 5.73. The van der Waals surface area contributed by atoms with Gasteiger partial charge in [-0.3, -0.25) is 0 Å². The van der Waals surface area contributed by atoms with Crippen molar-refractivity contribution in [2.45, 2.75) is 32.8 Å². The van der Waals surface area contributed by atoms with Gasteiger partial charge >= 0.3 is 6.09 Å². The van der Waals surface area contributed by atoms with Crippen LogP contribution in [-0.2, 0) is 11.2 Å². The Labute approximate surface area is 158 Å². The number of methoxy groups -OCH3 is 2. The van der Waals surface area contributed by atoms with Crippen LogP contribution in [-0.4, -0.2) is 20.3 Å². The predicted molar refractivity (Wildman–Crippen MR) is 100 cm³/mol. The lowest BCUT2D eigenvalue weighted by Crippen LogP contribution is -2.33. The normalized spacial score (nSPS) is 17.7. The second-order valence-corrected chi connectivity index (χ2v) is 7.41. The Morgan fingerprint density at radius 3 is 2.44 bits per heavy atom. The fourth-order valence-electron chi connectivity index (χ4n) is 3.68. The van der Waals surface area contributed by atoms with Gasteiger partial charge in [-0.1, -0.05) is 19.9 Å². The Hall–Kier alpha value is -2.76. The molecule has 27 heavy (non-hydrogen) atoms. The number of nitrogens with two attached hydrogens (primary N) is 1. The number of primary amides is 1. The minimum absolute atomic E-state index is 0.187. The number of aryl methyl sites for hydroxylation is 1. The number of ether oxygens (including phenoxy) is 3. The van der Waals surface area contributed by atoms with Gasteiger partial charge in [-0.2, -0.15) is 0 Å². The molecule has 3 rings (SSSR count). The quantitative estimate of drug-likeness (QED) is 0.849. The Morgan fingerprint density at radius 1 is 1.15 bits per heavy atom. The van der Waals surface area contributed by atoms with E-state index in [2.05, 4.69) is 0 Å². The number of halogens is 1. The molecule has 1 unspecified atom stereocenters. The molecule has 0 aliphatic heterocycles. The van der Waals surface area contributed by atoms with Crippen LogP contribution in [0, 0.1) is 11.2 Å². The number of carbonyl (C=O) groups excluding carboxylic acids is 1. The number of benzene rings is 2. The largest absolute Gasteiger partial charge is 0.496 e. The van der Waals surface area contributed by atoms with E-state index in [1.54, 1.807) is 19.2 Å². The lowest BCUT2D eigenvalue weighted by molar-refractivity contribution is 0.0145. The van der Waals surface area contributed by atoms with E-state index in [9.17, 15) is 9.18 Å². The zero-order valence-electron chi connectivity index (χ0n) is 16.0. The van der Waals surface area contributed by atoms with Crippen molar-refractivity contribution >= 4 is 6.09 Å². The highest BCUT2D eigenvalue weighted by atomic mass is 19.1. The van der Waals surface area contributed by atoms with Crippen molar-refractivity contribution in [3.8, 4) is 22.6 Å². The van der Waals surface area contributed by atoms with Gasteiger partial charge in [0.05, 0.1) is 14.2 Å². The third-order valence-corrected chi connectivity index (χ3v) is 5.19. The van der Waals surface area contributed by atoms with E-state index < -0.39 is 18.0 Å². The van der Waals surface area contributed by atoms with Crippen LogP contribution in [0.15, 0.2) is 30.3 Å². The third kappa shape index (κ3) is 3.56. The molecule has 0 spiro atoms. The van der Waals surface area contributed by atoms with Crippen molar-refractivity contribution in [1.82, 2.24) is 0 Å². The Balaban J connectivity index is 2.12. The van der Waals surface area contributed by atoms with Gasteiger partial charge in [0.25, 0.3) is 0 Å². The summed E-state index contributed by atoms with van der Waals surface area (Å²) in [4.78, 5) is 11.4. The van der Waals surface area contributed by atoms with Gasteiger partial charge in [-0.25, -0.2) is 9.18 Å². The van der Waals surface area contributed by atoms with E-state index in [0.717, 1.165) is 29.5 Å². The molecule has 2 N–H and O–H groups in total. The van der Waals surface area contributed by atoms with Crippen molar-refractivity contribution in [1.29, 1.82) is 0 Å². The summed E-state index contributed by atoms with van der Waals surface area (Å²) in [6.07, 6.45) is 0.382. The van der Waals surface area contributed by atoms with E-state index >= 15 is 0 Å². The van der Waals surface area contributed by atoms with Gasteiger partial charge in [-0.05, 0) is 53.8 Å².